The Kier molecular flexibility index (Phi) is 12.3. The lowest BCUT2D eigenvalue weighted by molar-refractivity contribution is -0.140. The summed E-state index contributed by atoms with van der Waals surface area (Å²) >= 11 is 0. The van der Waals surface area contributed by atoms with E-state index >= 15 is 0 Å². The smallest absolute Gasteiger partial charge is 0.410 e. The molecule has 1 aliphatic heterocycles. The number of hydrogen-bond acceptors (Lipinski definition) is 10. The average Bonchev–Trinajstić information content (AvgIpc) is 3.43. The molecule has 280 valence electrons. The molecule has 0 bridgehead atoms. The van der Waals surface area contributed by atoms with Crippen LogP contribution in [0, 0.1) is 11.3 Å². The number of likely N-dealkylation sites (tertiary alicyclic amines) is 1. The van der Waals surface area contributed by atoms with E-state index in [1.54, 1.807) is 58.9 Å². The first kappa shape index (κ1) is 38.4. The molecule has 2 aliphatic rings. The summed E-state index contributed by atoms with van der Waals surface area (Å²) < 4.78 is 47.2. The zero-order chi connectivity index (χ0) is 37.5. The predicted molar refractivity (Wildman–Crippen MR) is 194 cm³/mol. The van der Waals surface area contributed by atoms with Gasteiger partial charge in [-0.05, 0) is 83.0 Å². The number of nitrogens with one attached hydrogen (secondary N) is 1. The summed E-state index contributed by atoms with van der Waals surface area (Å²) in [6.45, 7) is 7.63. The number of piperidine rings is 1. The van der Waals surface area contributed by atoms with Crippen LogP contribution in [0.2, 0.25) is 0 Å². The van der Waals surface area contributed by atoms with E-state index in [1.807, 2.05) is 20.8 Å². The summed E-state index contributed by atoms with van der Waals surface area (Å²) in [4.78, 5) is 44.6. The van der Waals surface area contributed by atoms with E-state index in [9.17, 15) is 28.1 Å². The third-order valence-electron chi connectivity index (χ3n) is 8.98. The number of ether oxygens (including phenoxy) is 3. The van der Waals surface area contributed by atoms with Crippen LogP contribution in [0.5, 0.6) is 5.75 Å². The fourth-order valence-electron chi connectivity index (χ4n) is 6.48. The normalized spacial score (nSPS) is 15.9. The number of sulfonamides is 1. The van der Waals surface area contributed by atoms with Gasteiger partial charge in [0.15, 0.2) is 5.75 Å². The maximum absolute atomic E-state index is 13.9. The molecule has 0 unspecified atom stereocenters. The minimum Gasteiger partial charge on any atom is -0.490 e. The molecule has 0 radical (unpaired) electrons. The Labute approximate surface area is 305 Å². The molecule has 52 heavy (non-hydrogen) atoms. The number of amides is 2. The number of esters is 1. The third-order valence-corrected chi connectivity index (χ3v) is 10.6. The molecule has 2 heterocycles. The van der Waals surface area contributed by atoms with Crippen molar-refractivity contribution in [2.45, 2.75) is 103 Å². The van der Waals surface area contributed by atoms with E-state index in [0.717, 1.165) is 36.4 Å². The van der Waals surface area contributed by atoms with Crippen LogP contribution >= 0.6 is 0 Å². The van der Waals surface area contributed by atoms with Gasteiger partial charge < -0.3 is 29.0 Å². The van der Waals surface area contributed by atoms with Gasteiger partial charge in [-0.1, -0.05) is 19.3 Å². The van der Waals surface area contributed by atoms with Crippen molar-refractivity contribution in [3.8, 4) is 11.8 Å². The van der Waals surface area contributed by atoms with Gasteiger partial charge in [-0.15, -0.1) is 0 Å². The van der Waals surface area contributed by atoms with Crippen molar-refractivity contribution in [1.82, 2.24) is 19.8 Å². The van der Waals surface area contributed by atoms with Crippen LogP contribution in [0.25, 0.3) is 11.0 Å². The van der Waals surface area contributed by atoms with Gasteiger partial charge in [-0.25, -0.2) is 18.2 Å². The topological polar surface area (TPSA) is 173 Å². The van der Waals surface area contributed by atoms with Crippen molar-refractivity contribution in [1.29, 1.82) is 5.26 Å². The molecule has 1 aliphatic carbocycles. The van der Waals surface area contributed by atoms with E-state index < -0.39 is 27.3 Å². The molecule has 15 heteroatoms. The molecule has 2 aromatic carbocycles. The Hall–Kier alpha value is -4.84. The van der Waals surface area contributed by atoms with Crippen LogP contribution < -0.4 is 14.4 Å². The first-order valence-electron chi connectivity index (χ1n) is 17.8. The van der Waals surface area contributed by atoms with Crippen molar-refractivity contribution in [3.05, 3.63) is 53.9 Å². The number of rotatable bonds is 12. The molecule has 2 fully saturated rings. The van der Waals surface area contributed by atoms with Crippen LogP contribution in [0.1, 0.15) is 84.0 Å². The summed E-state index contributed by atoms with van der Waals surface area (Å²) in [5, 5.41) is 12.6. The molecule has 3 aromatic rings. The highest BCUT2D eigenvalue weighted by Gasteiger charge is 2.31. The lowest BCUT2D eigenvalue weighted by Crippen LogP contribution is -2.44. The summed E-state index contributed by atoms with van der Waals surface area (Å²) in [6, 6.07) is 13.6. The summed E-state index contributed by atoms with van der Waals surface area (Å²) in [6.07, 6.45) is 5.71. The minimum atomic E-state index is -4.32. The number of aromatic nitrogens is 2. The Morgan fingerprint density at radius 1 is 1.02 bits per heavy atom. The van der Waals surface area contributed by atoms with Gasteiger partial charge in [-0.2, -0.15) is 5.26 Å². The van der Waals surface area contributed by atoms with Crippen molar-refractivity contribution in [2.24, 2.45) is 0 Å². The fourth-order valence-corrected chi connectivity index (χ4v) is 7.78. The SMILES string of the molecule is CCOC(=O)CS(=O)(=O)N(Cc1nc2cc(C#N)ccc2n1CC(=O)NC1CCCCC1)c1ccc(OC2CCN(C(=O)OC(C)(C)C)CC2)cc1. The zero-order valence-corrected chi connectivity index (χ0v) is 31.1. The second-order valence-electron chi connectivity index (χ2n) is 14.2. The van der Waals surface area contributed by atoms with Crippen LogP contribution in [0.4, 0.5) is 10.5 Å². The molecular formula is C37H48N6O8S. The maximum atomic E-state index is 13.9. The lowest BCUT2D eigenvalue weighted by atomic mass is 9.95. The molecule has 5 rings (SSSR count). The van der Waals surface area contributed by atoms with E-state index in [2.05, 4.69) is 11.4 Å². The number of hydrogen-bond donors (Lipinski definition) is 1. The molecule has 0 spiro atoms. The van der Waals surface area contributed by atoms with Crippen molar-refractivity contribution < 1.29 is 37.0 Å². The van der Waals surface area contributed by atoms with E-state index in [0.29, 0.717) is 48.3 Å². The molecular weight excluding hydrogens is 689 g/mol. The number of nitrogens with zero attached hydrogens (tertiary/aromatic N) is 5. The number of benzene rings is 2. The molecule has 14 nitrogen and oxygen atoms in total. The highest BCUT2D eigenvalue weighted by Crippen LogP contribution is 2.28. The summed E-state index contributed by atoms with van der Waals surface area (Å²) in [5.74, 6) is -1.26. The average molecular weight is 737 g/mol. The van der Waals surface area contributed by atoms with Gasteiger partial charge in [0, 0.05) is 32.0 Å². The molecule has 1 N–H and O–H groups in total. The third kappa shape index (κ3) is 10.1. The van der Waals surface area contributed by atoms with E-state index in [4.69, 9.17) is 19.2 Å². The quantitative estimate of drug-likeness (QED) is 0.249. The van der Waals surface area contributed by atoms with Crippen LogP contribution in [0.15, 0.2) is 42.5 Å². The molecule has 2 amide bonds. The summed E-state index contributed by atoms with van der Waals surface area (Å²) in [7, 11) is -4.32. The Balaban J connectivity index is 1.39. The number of fused-ring (bicyclic) bond motifs is 1. The van der Waals surface area contributed by atoms with Crippen molar-refractivity contribution in [3.63, 3.8) is 0 Å². The second kappa shape index (κ2) is 16.7. The van der Waals surface area contributed by atoms with Crippen LogP contribution in [-0.2, 0) is 42.2 Å². The summed E-state index contributed by atoms with van der Waals surface area (Å²) in [5.41, 5.74) is 1.04. The zero-order valence-electron chi connectivity index (χ0n) is 30.3. The van der Waals surface area contributed by atoms with Gasteiger partial charge in [0.25, 0.3) is 0 Å². The fraction of sp³-hybridized carbons (Fsp3) is 0.541. The largest absolute Gasteiger partial charge is 0.490 e. The van der Waals surface area contributed by atoms with E-state index in [-0.39, 0.29) is 55.4 Å². The van der Waals surface area contributed by atoms with Crippen LogP contribution in [-0.4, -0.2) is 84.0 Å². The van der Waals surface area contributed by atoms with Crippen molar-refractivity contribution in [2.75, 3.05) is 29.8 Å². The first-order valence-corrected chi connectivity index (χ1v) is 19.4. The number of anilines is 1. The Morgan fingerprint density at radius 2 is 1.71 bits per heavy atom. The standard InChI is InChI=1S/C37H48N6O8S/c1-5-49-35(45)25-52(47,48)43(28-12-14-29(15-13-28)50-30-17-19-41(20-18-30)36(46)51-37(2,3)4)23-33-40-31-21-26(22-38)11-16-32(31)42(33)24-34(44)39-27-9-7-6-8-10-27/h11-16,21,27,30H,5-10,17-20,23-25H2,1-4H3,(H,39,44). The van der Waals surface area contributed by atoms with Gasteiger partial charge in [0.05, 0.1) is 41.5 Å². The molecule has 1 aromatic heterocycles. The van der Waals surface area contributed by atoms with Gasteiger partial charge in [-0.3, -0.25) is 13.9 Å². The minimum absolute atomic E-state index is 0.0181. The van der Waals surface area contributed by atoms with Crippen LogP contribution in [0.3, 0.4) is 0 Å². The van der Waals surface area contributed by atoms with Gasteiger partial charge in [0.1, 0.15) is 29.8 Å². The Bertz CT molecular complexity index is 1880. The highest BCUT2D eigenvalue weighted by molar-refractivity contribution is 7.93. The molecule has 0 atom stereocenters. The predicted octanol–water partition coefficient (Wildman–Crippen LogP) is 5.03. The second-order valence-corrected chi connectivity index (χ2v) is 16.1. The highest BCUT2D eigenvalue weighted by atomic mass is 32.2. The van der Waals surface area contributed by atoms with E-state index in [1.165, 1.54) is 0 Å². The monoisotopic (exact) mass is 736 g/mol. The maximum Gasteiger partial charge on any atom is 0.410 e. The number of carbonyl (C=O) groups is 3. The van der Waals surface area contributed by atoms with Gasteiger partial charge >= 0.3 is 12.1 Å². The lowest BCUT2D eigenvalue weighted by Gasteiger charge is -2.33. The molecule has 1 saturated heterocycles. The first-order chi connectivity index (χ1) is 24.7. The molecule has 1 saturated carbocycles. The number of carbonyl (C=O) groups excluding carboxylic acids is 3. The van der Waals surface area contributed by atoms with Crippen molar-refractivity contribution >= 4 is 44.7 Å². The number of nitriles is 1. The Morgan fingerprint density at radius 3 is 2.35 bits per heavy atom. The van der Waals surface area contributed by atoms with Gasteiger partial charge in [0.2, 0.25) is 15.9 Å². The number of imidazole rings is 1.